The van der Waals surface area contributed by atoms with E-state index in [1.807, 2.05) is 4.90 Å². The summed E-state index contributed by atoms with van der Waals surface area (Å²) in [6.07, 6.45) is -5.78. The highest BCUT2D eigenvalue weighted by atomic mass is 35.5. The number of hydrogen-bond acceptors (Lipinski definition) is 4. The van der Waals surface area contributed by atoms with Gasteiger partial charge in [0.25, 0.3) is 0 Å². The van der Waals surface area contributed by atoms with Gasteiger partial charge in [0, 0.05) is 51.0 Å². The summed E-state index contributed by atoms with van der Waals surface area (Å²) in [6.45, 7) is 2.61. The van der Waals surface area contributed by atoms with Crippen LogP contribution in [0.25, 0.3) is 0 Å². The number of benzene rings is 1. The topological polar surface area (TPSA) is 57.7 Å². The molecule has 13 heteroatoms. The molecule has 0 bridgehead atoms. The Morgan fingerprint density at radius 2 is 1.61 bits per heavy atom. The lowest BCUT2D eigenvalue weighted by Gasteiger charge is -2.51. The number of halogens is 7. The average Bonchev–Trinajstić information content (AvgIpc) is 2.78. The first-order valence-corrected chi connectivity index (χ1v) is 13.3. The molecule has 2 aliphatic rings. The van der Waals surface area contributed by atoms with Crippen molar-refractivity contribution in [2.75, 3.05) is 31.9 Å². The Balaban J connectivity index is 0.00000456. The molecule has 0 aromatic heterocycles. The fraction of sp³-hybridized carbons (Fsp3) is 0.696. The summed E-state index contributed by atoms with van der Waals surface area (Å²) in [5.41, 5.74) is -3.30. The Morgan fingerprint density at radius 1 is 1.03 bits per heavy atom. The predicted molar refractivity (Wildman–Crippen MR) is 126 cm³/mol. The van der Waals surface area contributed by atoms with Gasteiger partial charge in [-0.05, 0) is 37.8 Å². The molecule has 3 rings (SSSR count). The minimum absolute atomic E-state index is 0. The van der Waals surface area contributed by atoms with Gasteiger partial charge >= 0.3 is 6.18 Å². The first-order valence-electron chi connectivity index (χ1n) is 11.7. The van der Waals surface area contributed by atoms with Crippen LogP contribution in [0.4, 0.5) is 26.3 Å². The average molecular weight is 565 g/mol. The van der Waals surface area contributed by atoms with Crippen molar-refractivity contribution in [3.63, 3.8) is 0 Å². The van der Waals surface area contributed by atoms with Crippen LogP contribution in [0, 0.1) is 5.82 Å². The van der Waals surface area contributed by atoms with Gasteiger partial charge in [0.15, 0.2) is 5.78 Å². The predicted octanol–water partition coefficient (Wildman–Crippen LogP) is 5.53. The normalized spacial score (nSPS) is 21.1. The number of Topliss-reactive ketones (excluding diaryl/α,β-unsaturated/α-hetero) is 1. The summed E-state index contributed by atoms with van der Waals surface area (Å²) in [5, 5.41) is 0. The van der Waals surface area contributed by atoms with E-state index in [4.69, 9.17) is 0 Å². The summed E-state index contributed by atoms with van der Waals surface area (Å²) in [6, 6.07) is 2.31. The Bertz CT molecular complexity index is 1020. The summed E-state index contributed by atoms with van der Waals surface area (Å²) in [4.78, 5) is 14.7. The zero-order valence-corrected chi connectivity index (χ0v) is 21.6. The summed E-state index contributed by atoms with van der Waals surface area (Å²) in [5.74, 6) is -5.18. The van der Waals surface area contributed by atoms with E-state index in [1.165, 1.54) is 4.31 Å². The first-order chi connectivity index (χ1) is 16.2. The summed E-state index contributed by atoms with van der Waals surface area (Å²) >= 11 is 0. The largest absolute Gasteiger partial charge is 0.417 e. The van der Waals surface area contributed by atoms with E-state index in [2.05, 4.69) is 0 Å². The molecule has 5 nitrogen and oxygen atoms in total. The SMILES string of the molecule is CCCS(=O)(=O)N1CCN(C2(CCC(=O)c3c(F)cccc3C(F)(F)F)CCC(F)(F)CC2)CC1.Cl. The molecule has 0 radical (unpaired) electrons. The molecule has 1 aliphatic heterocycles. The van der Waals surface area contributed by atoms with Crippen LogP contribution in [0.3, 0.4) is 0 Å². The highest BCUT2D eigenvalue weighted by Gasteiger charge is 2.48. The molecule has 0 unspecified atom stereocenters. The monoisotopic (exact) mass is 564 g/mol. The van der Waals surface area contributed by atoms with Crippen LogP contribution in [-0.2, 0) is 16.2 Å². The standard InChI is InChI=1S/C23H30F6N2O3S.ClH/c1-2-16-35(33,34)31-14-12-30(13-15-31)21(8-10-22(25,26)11-9-21)7-6-19(32)20-17(23(27,28)29)4-3-5-18(20)24;/h3-5H,2,6-16H2,1H3;1H. The maximum atomic E-state index is 14.3. The second-order valence-corrected chi connectivity index (χ2v) is 11.5. The molecule has 1 heterocycles. The number of sulfonamides is 1. The molecule has 1 saturated heterocycles. The van der Waals surface area contributed by atoms with Gasteiger partial charge in [-0.3, -0.25) is 9.69 Å². The van der Waals surface area contributed by atoms with E-state index in [9.17, 15) is 39.6 Å². The van der Waals surface area contributed by atoms with Crippen LogP contribution in [0.15, 0.2) is 18.2 Å². The molecule has 1 aliphatic carbocycles. The second-order valence-electron chi connectivity index (χ2n) is 9.37. The molecule has 0 amide bonds. The van der Waals surface area contributed by atoms with Crippen LogP contribution >= 0.6 is 12.4 Å². The number of hydrogen-bond donors (Lipinski definition) is 0. The van der Waals surface area contributed by atoms with E-state index in [-0.39, 0.29) is 63.6 Å². The number of piperazine rings is 1. The van der Waals surface area contributed by atoms with Crippen LogP contribution in [0.2, 0.25) is 0 Å². The van der Waals surface area contributed by atoms with Crippen LogP contribution in [-0.4, -0.2) is 66.8 Å². The minimum atomic E-state index is -4.92. The third-order valence-electron chi connectivity index (χ3n) is 7.09. The zero-order valence-electron chi connectivity index (χ0n) is 19.9. The van der Waals surface area contributed by atoms with Crippen molar-refractivity contribution in [1.29, 1.82) is 0 Å². The molecule has 0 atom stereocenters. The highest BCUT2D eigenvalue weighted by Crippen LogP contribution is 2.45. The third kappa shape index (κ3) is 6.93. The van der Waals surface area contributed by atoms with Crippen LogP contribution < -0.4 is 0 Å². The first kappa shape index (κ1) is 30.9. The fourth-order valence-corrected chi connectivity index (χ4v) is 6.64. The van der Waals surface area contributed by atoms with Crippen LogP contribution in [0.1, 0.15) is 67.8 Å². The molecule has 0 N–H and O–H groups in total. The Hall–Kier alpha value is -1.37. The van der Waals surface area contributed by atoms with Crippen molar-refractivity contribution in [2.45, 2.75) is 69.5 Å². The van der Waals surface area contributed by atoms with Crippen molar-refractivity contribution in [3.8, 4) is 0 Å². The molecule has 1 saturated carbocycles. The van der Waals surface area contributed by atoms with Crippen molar-refractivity contribution in [2.24, 2.45) is 0 Å². The van der Waals surface area contributed by atoms with E-state index in [0.29, 0.717) is 12.5 Å². The molecule has 1 aromatic rings. The van der Waals surface area contributed by atoms with Gasteiger partial charge in [-0.25, -0.2) is 21.6 Å². The lowest BCUT2D eigenvalue weighted by atomic mass is 9.74. The third-order valence-corrected chi connectivity index (χ3v) is 9.17. The van der Waals surface area contributed by atoms with E-state index in [0.717, 1.165) is 12.1 Å². The molecular formula is C23H31ClF6N2O3S. The number of rotatable bonds is 8. The van der Waals surface area contributed by atoms with Crippen molar-refractivity contribution >= 4 is 28.2 Å². The molecule has 1 aromatic carbocycles. The number of ketones is 1. The zero-order chi connectivity index (χ0) is 26.1. The lowest BCUT2D eigenvalue weighted by molar-refractivity contribution is -0.138. The molecule has 206 valence electrons. The second kappa shape index (κ2) is 11.6. The Kier molecular flexibility index (Phi) is 9.92. The van der Waals surface area contributed by atoms with Crippen LogP contribution in [0.5, 0.6) is 0 Å². The number of carbonyl (C=O) groups is 1. The summed E-state index contributed by atoms with van der Waals surface area (Å²) < 4.78 is 108. The molecule has 36 heavy (non-hydrogen) atoms. The maximum absolute atomic E-state index is 14.3. The van der Waals surface area contributed by atoms with Gasteiger partial charge in [-0.1, -0.05) is 13.0 Å². The number of alkyl halides is 5. The van der Waals surface area contributed by atoms with Crippen molar-refractivity contribution < 1.29 is 39.6 Å². The minimum Gasteiger partial charge on any atom is -0.295 e. The van der Waals surface area contributed by atoms with Gasteiger partial charge in [-0.2, -0.15) is 17.5 Å². The van der Waals surface area contributed by atoms with Crippen molar-refractivity contribution in [1.82, 2.24) is 9.21 Å². The highest BCUT2D eigenvalue weighted by molar-refractivity contribution is 7.89. The Morgan fingerprint density at radius 3 is 2.14 bits per heavy atom. The van der Waals surface area contributed by atoms with E-state index in [1.54, 1.807) is 6.92 Å². The van der Waals surface area contributed by atoms with E-state index >= 15 is 0 Å². The fourth-order valence-electron chi connectivity index (χ4n) is 5.15. The van der Waals surface area contributed by atoms with Gasteiger partial charge < -0.3 is 0 Å². The number of nitrogens with zero attached hydrogens (tertiary/aromatic N) is 2. The molecule has 0 spiro atoms. The quantitative estimate of drug-likeness (QED) is 0.308. The van der Waals surface area contributed by atoms with Gasteiger partial charge in [0.1, 0.15) is 5.82 Å². The Labute approximate surface area is 213 Å². The maximum Gasteiger partial charge on any atom is 0.417 e. The molecular weight excluding hydrogens is 534 g/mol. The summed E-state index contributed by atoms with van der Waals surface area (Å²) in [7, 11) is -3.43. The van der Waals surface area contributed by atoms with E-state index < -0.39 is 69.7 Å². The van der Waals surface area contributed by atoms with Gasteiger partial charge in [0.2, 0.25) is 15.9 Å². The van der Waals surface area contributed by atoms with Gasteiger partial charge in [-0.15, -0.1) is 12.4 Å². The molecule has 2 fully saturated rings. The van der Waals surface area contributed by atoms with Crippen molar-refractivity contribution in [3.05, 3.63) is 35.1 Å². The number of carbonyl (C=O) groups excluding carboxylic acids is 1. The lowest BCUT2D eigenvalue weighted by Crippen LogP contribution is -2.60. The smallest absolute Gasteiger partial charge is 0.295 e. The van der Waals surface area contributed by atoms with Gasteiger partial charge in [0.05, 0.1) is 16.9 Å².